The lowest BCUT2D eigenvalue weighted by atomic mass is 9.79. The summed E-state index contributed by atoms with van der Waals surface area (Å²) in [4.78, 5) is 26.9. The molecule has 2 aromatic rings. The van der Waals surface area contributed by atoms with E-state index in [1.807, 2.05) is 25.1 Å². The Morgan fingerprint density at radius 1 is 1.30 bits per heavy atom. The van der Waals surface area contributed by atoms with Gasteiger partial charge in [-0.2, -0.15) is 0 Å². The Morgan fingerprint density at radius 2 is 2.07 bits per heavy atom. The molecule has 1 spiro atoms. The molecule has 0 aliphatic carbocycles. The summed E-state index contributed by atoms with van der Waals surface area (Å²) in [6, 6.07) is 10.9. The quantitative estimate of drug-likeness (QED) is 0.687. The lowest BCUT2D eigenvalue weighted by Gasteiger charge is -2.30. The van der Waals surface area contributed by atoms with E-state index < -0.39 is 11.5 Å². The first-order valence-electron chi connectivity index (χ1n) is 10.1. The number of rotatable bonds is 4. The van der Waals surface area contributed by atoms with E-state index in [-0.39, 0.29) is 23.8 Å². The minimum absolute atomic E-state index is 0.0271. The van der Waals surface area contributed by atoms with Gasteiger partial charge in [0.05, 0.1) is 18.7 Å². The highest BCUT2D eigenvalue weighted by Gasteiger charge is 2.60. The molecule has 2 aliphatic heterocycles. The van der Waals surface area contributed by atoms with Crippen molar-refractivity contribution in [1.29, 1.82) is 0 Å². The molecular formula is C23H26ClN3O3. The van der Waals surface area contributed by atoms with Crippen LogP contribution in [0.15, 0.2) is 36.4 Å². The van der Waals surface area contributed by atoms with Crippen LogP contribution in [0, 0.1) is 18.8 Å². The number of aryl methyl sites for hydroxylation is 1. The number of anilines is 2. The van der Waals surface area contributed by atoms with Crippen LogP contribution in [0.4, 0.5) is 11.4 Å². The Balaban J connectivity index is 1.76. The Bertz CT molecular complexity index is 1020. The summed E-state index contributed by atoms with van der Waals surface area (Å²) >= 11 is 6.13. The van der Waals surface area contributed by atoms with E-state index in [4.69, 9.17) is 16.3 Å². The van der Waals surface area contributed by atoms with Crippen molar-refractivity contribution >= 4 is 34.8 Å². The topological polar surface area (TPSA) is 79.5 Å². The molecule has 4 rings (SSSR count). The number of amides is 2. The highest BCUT2D eigenvalue weighted by atomic mass is 35.5. The molecule has 0 aromatic heterocycles. The number of ether oxygens (including phenoxy) is 1. The largest absolute Gasteiger partial charge is 0.495 e. The van der Waals surface area contributed by atoms with E-state index in [1.54, 1.807) is 18.2 Å². The van der Waals surface area contributed by atoms with Gasteiger partial charge in [0.1, 0.15) is 11.3 Å². The molecule has 2 aromatic carbocycles. The standard InChI is InChI=1S/C23H26ClN3O3/c1-12(2)17-11-16(21(28)25-18-10-14(24)8-9-19(18)30-4)23(27-17)15-7-5-6-13(3)20(15)26-22(23)29/h5-10,12,16-17,27H,11H2,1-4H3,(H,25,28)(H,26,29). The second-order valence-corrected chi connectivity index (χ2v) is 8.81. The summed E-state index contributed by atoms with van der Waals surface area (Å²) in [7, 11) is 1.54. The molecular weight excluding hydrogens is 402 g/mol. The lowest BCUT2D eigenvalue weighted by Crippen LogP contribution is -2.52. The Hall–Kier alpha value is -2.57. The molecule has 30 heavy (non-hydrogen) atoms. The normalized spacial score (nSPS) is 24.8. The van der Waals surface area contributed by atoms with Gasteiger partial charge in [-0.05, 0) is 43.0 Å². The molecule has 3 N–H and O–H groups in total. The van der Waals surface area contributed by atoms with Crippen LogP contribution in [0.1, 0.15) is 31.4 Å². The third kappa shape index (κ3) is 3.15. The molecule has 0 saturated carbocycles. The number of methoxy groups -OCH3 is 1. The van der Waals surface area contributed by atoms with Gasteiger partial charge in [-0.25, -0.2) is 0 Å². The van der Waals surface area contributed by atoms with Crippen molar-refractivity contribution in [3.63, 3.8) is 0 Å². The van der Waals surface area contributed by atoms with E-state index >= 15 is 0 Å². The van der Waals surface area contributed by atoms with E-state index in [0.29, 0.717) is 22.9 Å². The molecule has 0 bridgehead atoms. The van der Waals surface area contributed by atoms with Gasteiger partial charge in [-0.3, -0.25) is 14.9 Å². The fraction of sp³-hybridized carbons (Fsp3) is 0.391. The zero-order valence-corrected chi connectivity index (χ0v) is 18.3. The molecule has 2 amide bonds. The maximum Gasteiger partial charge on any atom is 0.250 e. The Labute approximate surface area is 181 Å². The van der Waals surface area contributed by atoms with Crippen LogP contribution in [0.5, 0.6) is 5.75 Å². The van der Waals surface area contributed by atoms with E-state index in [9.17, 15) is 9.59 Å². The summed E-state index contributed by atoms with van der Waals surface area (Å²) < 4.78 is 5.37. The predicted octanol–water partition coefficient (Wildman–Crippen LogP) is 4.08. The minimum atomic E-state index is -1.10. The molecule has 2 heterocycles. The second-order valence-electron chi connectivity index (χ2n) is 8.38. The predicted molar refractivity (Wildman–Crippen MR) is 118 cm³/mol. The summed E-state index contributed by atoms with van der Waals surface area (Å²) in [5.74, 6) is -0.233. The lowest BCUT2D eigenvalue weighted by molar-refractivity contribution is -0.130. The summed E-state index contributed by atoms with van der Waals surface area (Å²) in [6.45, 7) is 6.14. The summed E-state index contributed by atoms with van der Waals surface area (Å²) in [5.41, 5.74) is 1.97. The van der Waals surface area contributed by atoms with Crippen LogP contribution in [0.25, 0.3) is 0 Å². The first-order valence-corrected chi connectivity index (χ1v) is 10.5. The zero-order valence-electron chi connectivity index (χ0n) is 17.5. The molecule has 1 fully saturated rings. The van der Waals surface area contributed by atoms with Crippen LogP contribution in [0.3, 0.4) is 0 Å². The van der Waals surface area contributed by atoms with Crippen LogP contribution < -0.4 is 20.7 Å². The summed E-state index contributed by atoms with van der Waals surface area (Å²) in [5, 5.41) is 9.98. The number of fused-ring (bicyclic) bond motifs is 2. The number of halogens is 1. The number of hydrogen-bond donors (Lipinski definition) is 3. The van der Waals surface area contributed by atoms with Gasteiger partial charge in [0, 0.05) is 22.3 Å². The van der Waals surface area contributed by atoms with Gasteiger partial charge >= 0.3 is 0 Å². The molecule has 7 heteroatoms. The number of hydrogen-bond acceptors (Lipinski definition) is 4. The molecule has 0 radical (unpaired) electrons. The monoisotopic (exact) mass is 427 g/mol. The third-order valence-corrected chi connectivity index (χ3v) is 6.50. The van der Waals surface area contributed by atoms with Gasteiger partial charge in [0.25, 0.3) is 0 Å². The fourth-order valence-electron chi connectivity index (χ4n) is 4.61. The van der Waals surface area contributed by atoms with Crippen molar-refractivity contribution in [1.82, 2.24) is 5.32 Å². The molecule has 3 atom stereocenters. The van der Waals surface area contributed by atoms with Gasteiger partial charge in [-0.1, -0.05) is 43.6 Å². The maximum atomic E-state index is 13.5. The molecule has 2 aliphatic rings. The Morgan fingerprint density at radius 3 is 2.77 bits per heavy atom. The molecule has 158 valence electrons. The van der Waals surface area contributed by atoms with Crippen molar-refractivity contribution in [3.05, 3.63) is 52.5 Å². The average molecular weight is 428 g/mol. The van der Waals surface area contributed by atoms with Gasteiger partial charge < -0.3 is 15.4 Å². The smallest absolute Gasteiger partial charge is 0.250 e. The van der Waals surface area contributed by atoms with Crippen LogP contribution in [0.2, 0.25) is 5.02 Å². The summed E-state index contributed by atoms with van der Waals surface area (Å²) in [6.07, 6.45) is 0.549. The van der Waals surface area contributed by atoms with Crippen LogP contribution >= 0.6 is 11.6 Å². The molecule has 3 unspecified atom stereocenters. The number of carbonyl (C=O) groups excluding carboxylic acids is 2. The van der Waals surface area contributed by atoms with E-state index in [0.717, 1.165) is 16.8 Å². The second kappa shape index (κ2) is 7.60. The van der Waals surface area contributed by atoms with Crippen molar-refractivity contribution < 1.29 is 14.3 Å². The third-order valence-electron chi connectivity index (χ3n) is 6.26. The van der Waals surface area contributed by atoms with Gasteiger partial charge in [0.15, 0.2) is 0 Å². The minimum Gasteiger partial charge on any atom is -0.495 e. The Kier molecular flexibility index (Phi) is 5.24. The first kappa shape index (κ1) is 20.7. The highest BCUT2D eigenvalue weighted by Crippen LogP contribution is 2.49. The van der Waals surface area contributed by atoms with Crippen molar-refractivity contribution in [2.75, 3.05) is 17.7 Å². The van der Waals surface area contributed by atoms with Crippen molar-refractivity contribution in [3.8, 4) is 5.75 Å². The maximum absolute atomic E-state index is 13.5. The van der Waals surface area contributed by atoms with Gasteiger partial charge in [0.2, 0.25) is 11.8 Å². The molecule has 1 saturated heterocycles. The number of nitrogens with one attached hydrogen (secondary N) is 3. The van der Waals surface area contributed by atoms with Crippen molar-refractivity contribution in [2.24, 2.45) is 11.8 Å². The van der Waals surface area contributed by atoms with E-state index in [1.165, 1.54) is 7.11 Å². The fourth-order valence-corrected chi connectivity index (χ4v) is 4.78. The first-order chi connectivity index (χ1) is 14.3. The number of para-hydroxylation sites is 1. The number of carbonyl (C=O) groups is 2. The van der Waals surface area contributed by atoms with E-state index in [2.05, 4.69) is 29.8 Å². The number of benzene rings is 2. The zero-order chi connectivity index (χ0) is 21.6. The average Bonchev–Trinajstić information content (AvgIpc) is 3.24. The SMILES string of the molecule is COc1ccc(Cl)cc1NC(=O)C1CC(C(C)C)NC12C(=O)Nc1c(C)cccc12. The van der Waals surface area contributed by atoms with Crippen LogP contribution in [-0.2, 0) is 15.1 Å². The highest BCUT2D eigenvalue weighted by molar-refractivity contribution is 6.31. The van der Waals surface area contributed by atoms with Gasteiger partial charge in [-0.15, -0.1) is 0 Å². The van der Waals surface area contributed by atoms with Crippen molar-refractivity contribution in [2.45, 2.75) is 38.8 Å². The molecule has 6 nitrogen and oxygen atoms in total. The van der Waals surface area contributed by atoms with Crippen LogP contribution in [-0.4, -0.2) is 25.0 Å².